The van der Waals surface area contributed by atoms with Crippen LogP contribution in [0.2, 0.25) is 0 Å². The number of amides is 1. The van der Waals surface area contributed by atoms with Crippen molar-refractivity contribution in [1.82, 2.24) is 4.90 Å². The summed E-state index contributed by atoms with van der Waals surface area (Å²) in [5, 5.41) is 17.5. The zero-order chi connectivity index (χ0) is 45.3. The first-order chi connectivity index (χ1) is 28.3. The number of carboxylic acid groups (broad SMARTS) is 1. The number of rotatable bonds is 16. The minimum absolute atomic E-state index is 0.0669. The van der Waals surface area contributed by atoms with Crippen LogP contribution in [0.3, 0.4) is 0 Å². The largest absolute Gasteiger partial charge is 0.496 e. The number of aliphatic carboxylic acids is 1. The van der Waals surface area contributed by atoms with Gasteiger partial charge in [-0.2, -0.15) is 0 Å². The molecule has 3 aromatic carbocycles. The molecule has 0 saturated heterocycles. The number of carboxylic acids is 1. The lowest BCUT2D eigenvalue weighted by Crippen LogP contribution is -2.46. The van der Waals surface area contributed by atoms with E-state index in [2.05, 4.69) is 16.9 Å². The van der Waals surface area contributed by atoms with E-state index in [4.69, 9.17) is 29.2 Å². The number of carbonyl (C=O) groups excluding carboxylic acids is 4. The molecule has 1 aliphatic carbocycles. The summed E-state index contributed by atoms with van der Waals surface area (Å²) in [7, 11) is 4.37. The molecule has 2 N–H and O–H groups in total. The Morgan fingerprint density at radius 1 is 0.750 bits per heavy atom. The molecule has 0 saturated carbocycles. The average Bonchev–Trinajstić information content (AvgIpc) is 3.54. The molecule has 0 fully saturated rings. The van der Waals surface area contributed by atoms with Gasteiger partial charge >= 0.3 is 30.0 Å². The number of fused-ring (bicyclic) bond motifs is 3. The number of ether oxygens (including phenoxy) is 5. The predicted octanol–water partition coefficient (Wildman–Crippen LogP) is 8.27. The van der Waals surface area contributed by atoms with Crippen molar-refractivity contribution >= 4 is 30.0 Å². The van der Waals surface area contributed by atoms with Crippen LogP contribution in [0.1, 0.15) is 101 Å². The van der Waals surface area contributed by atoms with E-state index in [9.17, 15) is 24.0 Å². The molecule has 60 heavy (non-hydrogen) atoms. The van der Waals surface area contributed by atoms with Crippen LogP contribution in [-0.2, 0) is 44.7 Å². The fourth-order valence-corrected chi connectivity index (χ4v) is 6.67. The molecule has 330 valence electrons. The summed E-state index contributed by atoms with van der Waals surface area (Å²) >= 11 is 0. The number of methoxy groups -OCH3 is 2. The van der Waals surface area contributed by atoms with Crippen LogP contribution in [0.15, 0.2) is 60.7 Å². The normalized spacial score (nSPS) is 13.4. The fraction of sp³-hybridized carbons (Fsp3) is 0.511. The number of carbonyl (C=O) groups is 5. The minimum atomic E-state index is -1.11. The number of hydrogen-bond donors (Lipinski definition) is 2. The Balaban J connectivity index is 0.000000378. The lowest BCUT2D eigenvalue weighted by molar-refractivity contribution is -0.168. The SMILES string of the molecule is CC[C@@H](CC(C)C)C(=O)O[C@H](C)C(=O)O.COC(=O)[C@@H](C)OC(=O)[C@H](CC(C)C)N(C)C(=O)OCC1c2ccccc2-c2ccccc21.COc1cc(CO)cc(C)c1C. The predicted molar refractivity (Wildman–Crippen MR) is 228 cm³/mol. The Morgan fingerprint density at radius 2 is 1.28 bits per heavy atom. The second-order valence-corrected chi connectivity index (χ2v) is 15.7. The van der Waals surface area contributed by atoms with Crippen molar-refractivity contribution in [2.45, 2.75) is 112 Å². The van der Waals surface area contributed by atoms with Crippen molar-refractivity contribution in [3.63, 3.8) is 0 Å². The number of nitrogens with zero attached hydrogens (tertiary/aromatic N) is 1. The third-order valence-corrected chi connectivity index (χ3v) is 10.2. The van der Waals surface area contributed by atoms with Gasteiger partial charge in [0.05, 0.1) is 26.7 Å². The monoisotopic (exact) mass is 835 g/mol. The number of aliphatic hydroxyl groups excluding tert-OH is 1. The molecule has 0 radical (unpaired) electrons. The van der Waals surface area contributed by atoms with Gasteiger partial charge < -0.3 is 33.9 Å². The highest BCUT2D eigenvalue weighted by molar-refractivity contribution is 5.85. The molecular formula is C47H65NO12. The molecule has 0 aromatic heterocycles. The molecule has 0 aliphatic heterocycles. The van der Waals surface area contributed by atoms with Crippen molar-refractivity contribution < 1.29 is 57.9 Å². The first-order valence-electron chi connectivity index (χ1n) is 20.4. The van der Waals surface area contributed by atoms with E-state index >= 15 is 0 Å². The molecule has 13 nitrogen and oxygen atoms in total. The van der Waals surface area contributed by atoms with Crippen molar-refractivity contribution in [1.29, 1.82) is 0 Å². The summed E-state index contributed by atoms with van der Waals surface area (Å²) in [5.74, 6) is -1.74. The molecule has 0 heterocycles. The highest BCUT2D eigenvalue weighted by atomic mass is 16.6. The standard InChI is InChI=1S/C26H31NO6.C11H20O4.C10H14O2/c1-16(2)14-23(25(29)33-17(3)24(28)31-5)27(4)26(30)32-15-22-20-12-8-6-10-18(20)19-11-7-9-13-21(19)22;1-5-9(6-7(2)3)11(14)15-8(4)10(12)13;1-7-4-9(6-11)5-10(12-3)8(7)2/h6-13,16-17,22-23H,14-15H2,1-5H3;7-9H,5-6H2,1-4H3,(H,12,13);4-5,11H,6H2,1-3H3/t17-,23+;8-,9+;/m11./s1. The van der Waals surface area contributed by atoms with Gasteiger partial charge in [0.1, 0.15) is 18.4 Å². The van der Waals surface area contributed by atoms with E-state index in [1.807, 2.05) is 97.0 Å². The summed E-state index contributed by atoms with van der Waals surface area (Å²) in [4.78, 5) is 60.6. The number of esters is 3. The van der Waals surface area contributed by atoms with Crippen molar-refractivity contribution in [2.75, 3.05) is 27.9 Å². The molecule has 3 aromatic rings. The third-order valence-electron chi connectivity index (χ3n) is 10.2. The first kappa shape index (κ1) is 50.7. The lowest BCUT2D eigenvalue weighted by atomic mass is 9.95. The topological polar surface area (TPSA) is 175 Å². The van der Waals surface area contributed by atoms with Crippen LogP contribution in [0, 0.1) is 31.6 Å². The smallest absolute Gasteiger partial charge is 0.410 e. The van der Waals surface area contributed by atoms with E-state index in [1.54, 1.807) is 7.11 Å². The summed E-state index contributed by atoms with van der Waals surface area (Å²) in [6.07, 6.45) is -0.949. The van der Waals surface area contributed by atoms with Gasteiger partial charge in [0.25, 0.3) is 0 Å². The first-order valence-corrected chi connectivity index (χ1v) is 20.4. The van der Waals surface area contributed by atoms with Gasteiger partial charge in [0, 0.05) is 13.0 Å². The molecule has 4 rings (SSSR count). The van der Waals surface area contributed by atoms with E-state index < -0.39 is 48.2 Å². The minimum Gasteiger partial charge on any atom is -0.496 e. The second-order valence-electron chi connectivity index (χ2n) is 15.7. The zero-order valence-corrected chi connectivity index (χ0v) is 37.3. The Kier molecular flexibility index (Phi) is 20.8. The molecule has 1 amide bonds. The summed E-state index contributed by atoms with van der Waals surface area (Å²) in [6, 6.07) is 19.1. The third kappa shape index (κ3) is 14.7. The summed E-state index contributed by atoms with van der Waals surface area (Å²) in [5.41, 5.74) is 7.68. The van der Waals surface area contributed by atoms with Crippen LogP contribution in [0.4, 0.5) is 4.79 Å². The Hall–Kier alpha value is -5.43. The van der Waals surface area contributed by atoms with Gasteiger partial charge in [-0.1, -0.05) is 89.2 Å². The summed E-state index contributed by atoms with van der Waals surface area (Å²) in [6.45, 7) is 16.9. The van der Waals surface area contributed by atoms with E-state index in [1.165, 1.54) is 32.9 Å². The maximum absolute atomic E-state index is 12.9. The van der Waals surface area contributed by atoms with Crippen LogP contribution in [0.25, 0.3) is 11.1 Å². The maximum atomic E-state index is 12.9. The molecule has 0 unspecified atom stereocenters. The summed E-state index contributed by atoms with van der Waals surface area (Å²) < 4.78 is 25.5. The number of hydrogen-bond acceptors (Lipinski definition) is 11. The van der Waals surface area contributed by atoms with Crippen molar-refractivity contribution in [3.05, 3.63) is 88.5 Å². The van der Waals surface area contributed by atoms with E-state index in [0.29, 0.717) is 18.8 Å². The molecular weight excluding hydrogens is 771 g/mol. The highest BCUT2D eigenvalue weighted by Crippen LogP contribution is 2.44. The van der Waals surface area contributed by atoms with Gasteiger partial charge in [-0.3, -0.25) is 9.69 Å². The van der Waals surface area contributed by atoms with Gasteiger partial charge in [-0.05, 0) is 104 Å². The van der Waals surface area contributed by atoms with Gasteiger partial charge in [0.2, 0.25) is 0 Å². The van der Waals surface area contributed by atoms with Gasteiger partial charge in [-0.15, -0.1) is 0 Å². The molecule has 0 bridgehead atoms. The second kappa shape index (κ2) is 24.6. The molecule has 4 atom stereocenters. The van der Waals surface area contributed by atoms with Crippen LogP contribution >= 0.6 is 0 Å². The Labute approximate surface area is 355 Å². The van der Waals surface area contributed by atoms with Crippen LogP contribution in [0.5, 0.6) is 5.75 Å². The lowest BCUT2D eigenvalue weighted by Gasteiger charge is -2.28. The molecule has 0 spiro atoms. The molecule has 13 heteroatoms. The Bertz CT molecular complexity index is 1840. The number of benzene rings is 3. The Morgan fingerprint density at radius 3 is 1.75 bits per heavy atom. The van der Waals surface area contributed by atoms with Crippen LogP contribution in [-0.4, -0.2) is 91.2 Å². The van der Waals surface area contributed by atoms with Crippen molar-refractivity contribution in [3.8, 4) is 16.9 Å². The zero-order valence-electron chi connectivity index (χ0n) is 37.3. The van der Waals surface area contributed by atoms with E-state index in [-0.39, 0.29) is 31.0 Å². The number of aliphatic hydroxyl groups is 1. The average molecular weight is 836 g/mol. The number of likely N-dealkylation sites (N-methyl/N-ethyl adjacent to an activating group) is 1. The number of aryl methyl sites for hydroxylation is 1. The quantitative estimate of drug-likeness (QED) is 0.105. The van der Waals surface area contributed by atoms with E-state index in [0.717, 1.165) is 51.1 Å². The van der Waals surface area contributed by atoms with Crippen LogP contribution < -0.4 is 4.74 Å². The molecule has 1 aliphatic rings. The van der Waals surface area contributed by atoms with Crippen molar-refractivity contribution in [2.24, 2.45) is 17.8 Å². The van der Waals surface area contributed by atoms with Gasteiger partial charge in [-0.25, -0.2) is 19.2 Å². The van der Waals surface area contributed by atoms with Gasteiger partial charge in [0.15, 0.2) is 12.2 Å². The fourth-order valence-electron chi connectivity index (χ4n) is 6.67. The maximum Gasteiger partial charge on any atom is 0.410 e. The highest BCUT2D eigenvalue weighted by Gasteiger charge is 2.34.